The third-order valence-electron chi connectivity index (χ3n) is 6.62. The fourth-order valence-corrected chi connectivity index (χ4v) is 4.71. The number of hydrogen-bond donors (Lipinski definition) is 2. The van der Waals surface area contributed by atoms with Gasteiger partial charge in [0.1, 0.15) is 11.5 Å². The minimum atomic E-state index is -4.70. The van der Waals surface area contributed by atoms with Gasteiger partial charge in [0.05, 0.1) is 22.7 Å². The Morgan fingerprint density at radius 3 is 2.32 bits per heavy atom. The number of benzene rings is 2. The van der Waals surface area contributed by atoms with Crippen molar-refractivity contribution in [2.75, 3.05) is 10.2 Å². The largest absolute Gasteiger partial charge is 0.478 e. The summed E-state index contributed by atoms with van der Waals surface area (Å²) in [5.41, 5.74) is 1.24. The zero-order chi connectivity index (χ0) is 26.5. The highest BCUT2D eigenvalue weighted by molar-refractivity contribution is 5.94. The van der Waals surface area contributed by atoms with Crippen molar-refractivity contribution in [3.8, 4) is 0 Å². The number of pyridine rings is 1. The van der Waals surface area contributed by atoms with E-state index in [-0.39, 0.29) is 28.0 Å². The number of carboxylic acid groups (broad SMARTS) is 1. The molecule has 2 aromatic heterocycles. The number of para-hydroxylation sites is 1. The lowest BCUT2D eigenvalue weighted by Crippen LogP contribution is -2.27. The highest BCUT2D eigenvalue weighted by Gasteiger charge is 2.33. The van der Waals surface area contributed by atoms with Crippen LogP contribution in [0.1, 0.15) is 51.1 Å². The molecule has 0 amide bonds. The van der Waals surface area contributed by atoms with Gasteiger partial charge in [-0.2, -0.15) is 13.2 Å². The van der Waals surface area contributed by atoms with Crippen molar-refractivity contribution in [3.05, 3.63) is 105 Å². The fraction of sp³-hybridized carbons (Fsp3) is 0.222. The minimum Gasteiger partial charge on any atom is -0.478 e. The van der Waals surface area contributed by atoms with Gasteiger partial charge in [0, 0.05) is 30.5 Å². The first kappa shape index (κ1) is 24.4. The van der Waals surface area contributed by atoms with E-state index in [0.29, 0.717) is 18.9 Å². The molecule has 3 heterocycles. The van der Waals surface area contributed by atoms with E-state index < -0.39 is 29.3 Å². The Kier molecular flexibility index (Phi) is 5.89. The topological polar surface area (TPSA) is 86.9 Å². The summed E-state index contributed by atoms with van der Waals surface area (Å²) in [6.45, 7) is 4.21. The number of aromatic nitrogens is 2. The van der Waals surface area contributed by atoms with E-state index in [0.717, 1.165) is 27.8 Å². The zero-order valence-corrected chi connectivity index (χ0v) is 20.0. The SMILES string of the molecule is Cc1c(N2Cc3ccccc3C2)nc2c([C@@H](C)Nc3ccccc3C(=O)O)cc(C(F)(F)F)cn2c1=O. The molecule has 37 heavy (non-hydrogen) atoms. The predicted molar refractivity (Wildman–Crippen MR) is 133 cm³/mol. The van der Waals surface area contributed by atoms with E-state index in [9.17, 15) is 27.9 Å². The molecule has 5 rings (SSSR count). The maximum Gasteiger partial charge on any atom is 0.417 e. The summed E-state index contributed by atoms with van der Waals surface area (Å²) in [7, 11) is 0. The second-order valence-corrected chi connectivity index (χ2v) is 9.08. The molecule has 0 fully saturated rings. The van der Waals surface area contributed by atoms with Gasteiger partial charge in [-0.25, -0.2) is 9.78 Å². The molecule has 0 spiro atoms. The number of nitrogens with one attached hydrogen (secondary N) is 1. The second-order valence-electron chi connectivity index (χ2n) is 9.08. The average Bonchev–Trinajstić information content (AvgIpc) is 3.29. The van der Waals surface area contributed by atoms with Crippen molar-refractivity contribution in [2.45, 2.75) is 39.2 Å². The molecule has 1 atom stereocenters. The monoisotopic (exact) mass is 508 g/mol. The summed E-state index contributed by atoms with van der Waals surface area (Å²) in [5.74, 6) is -0.773. The van der Waals surface area contributed by atoms with Crippen LogP contribution in [0.5, 0.6) is 0 Å². The van der Waals surface area contributed by atoms with Crippen molar-refractivity contribution < 1.29 is 23.1 Å². The normalized spacial score (nSPS) is 14.0. The zero-order valence-electron chi connectivity index (χ0n) is 20.0. The van der Waals surface area contributed by atoms with Gasteiger partial charge in [-0.05, 0) is 43.2 Å². The predicted octanol–water partition coefficient (Wildman–Crippen LogP) is 5.41. The molecule has 0 unspecified atom stereocenters. The average molecular weight is 509 g/mol. The lowest BCUT2D eigenvalue weighted by atomic mass is 10.0. The lowest BCUT2D eigenvalue weighted by Gasteiger charge is -2.23. The Hall–Kier alpha value is -4.34. The molecule has 10 heteroatoms. The standard InChI is InChI=1S/C27H23F3N4O3/c1-15-23(33-12-17-7-3-4-8-18(17)13-33)32-24-21(11-19(27(28,29)30)14-34(24)25(15)35)16(2)31-22-10-6-5-9-20(22)26(36)37/h3-11,14,16,31H,12-13H2,1-2H3,(H,36,37)/t16-/m1/s1. The molecule has 0 bridgehead atoms. The van der Waals surface area contributed by atoms with E-state index in [1.54, 1.807) is 26.0 Å². The second kappa shape index (κ2) is 8.95. The molecule has 1 aliphatic heterocycles. The van der Waals surface area contributed by atoms with Crippen molar-refractivity contribution >= 4 is 23.1 Å². The number of fused-ring (bicyclic) bond motifs is 2. The Bertz CT molecular complexity index is 1570. The molecule has 2 N–H and O–H groups in total. The summed E-state index contributed by atoms with van der Waals surface area (Å²) in [5, 5.41) is 12.5. The maximum absolute atomic E-state index is 13.8. The Morgan fingerprint density at radius 1 is 1.08 bits per heavy atom. The third-order valence-corrected chi connectivity index (χ3v) is 6.62. The van der Waals surface area contributed by atoms with E-state index in [1.807, 2.05) is 29.2 Å². The molecule has 0 saturated heterocycles. The molecular weight excluding hydrogens is 485 g/mol. The van der Waals surface area contributed by atoms with Gasteiger partial charge in [0.15, 0.2) is 0 Å². The first-order valence-corrected chi connectivity index (χ1v) is 11.6. The maximum atomic E-state index is 13.8. The molecule has 4 aromatic rings. The van der Waals surface area contributed by atoms with Gasteiger partial charge >= 0.3 is 12.1 Å². The van der Waals surface area contributed by atoms with Crippen LogP contribution in [0.15, 0.2) is 65.6 Å². The van der Waals surface area contributed by atoms with Crippen molar-refractivity contribution in [1.82, 2.24) is 9.38 Å². The summed E-state index contributed by atoms with van der Waals surface area (Å²) >= 11 is 0. The molecule has 0 saturated carbocycles. The van der Waals surface area contributed by atoms with Gasteiger partial charge in [0.2, 0.25) is 0 Å². The van der Waals surface area contributed by atoms with Crippen LogP contribution >= 0.6 is 0 Å². The van der Waals surface area contributed by atoms with Gasteiger partial charge in [-0.15, -0.1) is 0 Å². The van der Waals surface area contributed by atoms with Crippen LogP contribution < -0.4 is 15.8 Å². The minimum absolute atomic E-state index is 0.0258. The third kappa shape index (κ3) is 4.39. The molecule has 2 aromatic carbocycles. The molecule has 0 radical (unpaired) electrons. The van der Waals surface area contributed by atoms with E-state index in [4.69, 9.17) is 4.98 Å². The van der Waals surface area contributed by atoms with Crippen LogP contribution in [0.4, 0.5) is 24.7 Å². The summed E-state index contributed by atoms with van der Waals surface area (Å²) in [6.07, 6.45) is -3.94. The number of halogens is 3. The van der Waals surface area contributed by atoms with E-state index in [2.05, 4.69) is 5.32 Å². The van der Waals surface area contributed by atoms with Gasteiger partial charge in [-0.1, -0.05) is 36.4 Å². The number of hydrogen-bond acceptors (Lipinski definition) is 5. The molecule has 190 valence electrons. The molecule has 7 nitrogen and oxygen atoms in total. The number of aromatic carboxylic acids is 1. The summed E-state index contributed by atoms with van der Waals surface area (Å²) < 4.78 is 42.4. The van der Waals surface area contributed by atoms with E-state index >= 15 is 0 Å². The fourth-order valence-electron chi connectivity index (χ4n) is 4.71. The number of carboxylic acids is 1. The van der Waals surface area contributed by atoms with Crippen LogP contribution in [0, 0.1) is 6.92 Å². The Labute approximate surface area is 209 Å². The quantitative estimate of drug-likeness (QED) is 0.375. The van der Waals surface area contributed by atoms with Crippen LogP contribution in [0.3, 0.4) is 0 Å². The molecular formula is C27H23F3N4O3. The number of rotatable bonds is 5. The van der Waals surface area contributed by atoms with Crippen LogP contribution in [0.2, 0.25) is 0 Å². The number of alkyl halides is 3. The summed E-state index contributed by atoms with van der Waals surface area (Å²) in [6, 6.07) is 14.1. The van der Waals surface area contributed by atoms with Gasteiger partial charge in [0.25, 0.3) is 5.56 Å². The van der Waals surface area contributed by atoms with Crippen molar-refractivity contribution in [3.63, 3.8) is 0 Å². The van der Waals surface area contributed by atoms with Crippen molar-refractivity contribution in [1.29, 1.82) is 0 Å². The van der Waals surface area contributed by atoms with Crippen molar-refractivity contribution in [2.24, 2.45) is 0 Å². The van der Waals surface area contributed by atoms with Crippen LogP contribution in [-0.4, -0.2) is 20.5 Å². The lowest BCUT2D eigenvalue weighted by molar-refractivity contribution is -0.137. The van der Waals surface area contributed by atoms with Gasteiger partial charge in [-0.3, -0.25) is 9.20 Å². The van der Waals surface area contributed by atoms with Crippen LogP contribution in [0.25, 0.3) is 5.65 Å². The Balaban J connectivity index is 1.67. The number of anilines is 2. The highest BCUT2D eigenvalue weighted by Crippen LogP contribution is 2.35. The van der Waals surface area contributed by atoms with Crippen LogP contribution in [-0.2, 0) is 19.3 Å². The first-order valence-electron chi connectivity index (χ1n) is 11.6. The van der Waals surface area contributed by atoms with E-state index in [1.165, 1.54) is 12.1 Å². The first-order chi connectivity index (χ1) is 17.5. The highest BCUT2D eigenvalue weighted by atomic mass is 19.4. The summed E-state index contributed by atoms with van der Waals surface area (Å²) in [4.78, 5) is 31.7. The number of carbonyl (C=O) groups is 1. The molecule has 0 aliphatic carbocycles. The molecule has 1 aliphatic rings. The Morgan fingerprint density at radius 2 is 1.70 bits per heavy atom. The smallest absolute Gasteiger partial charge is 0.417 e. The van der Waals surface area contributed by atoms with Gasteiger partial charge < -0.3 is 15.3 Å². The number of nitrogens with zero attached hydrogens (tertiary/aromatic N) is 3.